The van der Waals surface area contributed by atoms with Gasteiger partial charge >= 0.3 is 5.97 Å². The van der Waals surface area contributed by atoms with Crippen molar-refractivity contribution in [1.82, 2.24) is 25.3 Å². The number of carbonyl (C=O) groups is 2. The molecule has 0 aromatic carbocycles. The van der Waals surface area contributed by atoms with Gasteiger partial charge in [-0.15, -0.1) is 0 Å². The second-order valence-electron chi connectivity index (χ2n) is 4.27. The predicted octanol–water partition coefficient (Wildman–Crippen LogP) is 0.267. The number of amides is 1. The van der Waals surface area contributed by atoms with Crippen LogP contribution in [0, 0.1) is 0 Å². The molecule has 0 aliphatic rings. The SMILES string of the molecule is O=C(O)CCCC(=O)NCCc1ncnc2nc[nH]c12. The minimum atomic E-state index is -0.888. The number of fused-ring (bicyclic) bond motifs is 1. The first kappa shape index (κ1) is 13.9. The van der Waals surface area contributed by atoms with Gasteiger partial charge in [0.15, 0.2) is 5.65 Å². The summed E-state index contributed by atoms with van der Waals surface area (Å²) in [5.74, 6) is -1.04. The summed E-state index contributed by atoms with van der Waals surface area (Å²) in [5, 5.41) is 11.2. The molecule has 106 valence electrons. The lowest BCUT2D eigenvalue weighted by Gasteiger charge is -2.04. The van der Waals surface area contributed by atoms with Gasteiger partial charge in [-0.2, -0.15) is 0 Å². The molecule has 8 nitrogen and oxygen atoms in total. The second kappa shape index (κ2) is 6.60. The Kier molecular flexibility index (Phi) is 4.59. The van der Waals surface area contributed by atoms with Gasteiger partial charge in [-0.1, -0.05) is 0 Å². The molecule has 0 fully saturated rings. The Bertz CT molecular complexity index is 610. The van der Waals surface area contributed by atoms with Crippen molar-refractivity contribution in [3.8, 4) is 0 Å². The summed E-state index contributed by atoms with van der Waals surface area (Å²) in [6, 6.07) is 0. The Labute approximate surface area is 114 Å². The molecule has 2 rings (SSSR count). The first-order chi connectivity index (χ1) is 9.66. The summed E-state index contributed by atoms with van der Waals surface area (Å²) in [7, 11) is 0. The van der Waals surface area contributed by atoms with Crippen LogP contribution in [0.15, 0.2) is 12.7 Å². The molecule has 2 aromatic rings. The number of H-pyrrole nitrogens is 1. The summed E-state index contributed by atoms with van der Waals surface area (Å²) in [4.78, 5) is 36.9. The largest absolute Gasteiger partial charge is 0.481 e. The third-order valence-electron chi connectivity index (χ3n) is 2.78. The number of hydrogen-bond acceptors (Lipinski definition) is 5. The highest BCUT2D eigenvalue weighted by atomic mass is 16.4. The number of carboxylic acid groups (broad SMARTS) is 1. The third kappa shape index (κ3) is 3.74. The van der Waals surface area contributed by atoms with Crippen molar-refractivity contribution in [2.45, 2.75) is 25.7 Å². The molecule has 0 aliphatic carbocycles. The quantitative estimate of drug-likeness (QED) is 0.667. The van der Waals surface area contributed by atoms with E-state index in [1.807, 2.05) is 0 Å². The van der Waals surface area contributed by atoms with E-state index in [-0.39, 0.29) is 18.7 Å². The maximum absolute atomic E-state index is 11.5. The molecular weight excluding hydrogens is 262 g/mol. The van der Waals surface area contributed by atoms with E-state index >= 15 is 0 Å². The van der Waals surface area contributed by atoms with E-state index < -0.39 is 5.97 Å². The van der Waals surface area contributed by atoms with E-state index in [1.165, 1.54) is 6.33 Å². The molecule has 0 unspecified atom stereocenters. The number of carboxylic acids is 1. The van der Waals surface area contributed by atoms with Crippen LogP contribution in [0.1, 0.15) is 25.0 Å². The fraction of sp³-hybridized carbons (Fsp3) is 0.417. The Morgan fingerprint density at radius 2 is 2.10 bits per heavy atom. The maximum Gasteiger partial charge on any atom is 0.303 e. The van der Waals surface area contributed by atoms with E-state index in [4.69, 9.17) is 5.11 Å². The zero-order valence-corrected chi connectivity index (χ0v) is 10.8. The van der Waals surface area contributed by atoms with Crippen LogP contribution in [-0.2, 0) is 16.0 Å². The lowest BCUT2D eigenvalue weighted by molar-refractivity contribution is -0.137. The van der Waals surface area contributed by atoms with E-state index in [1.54, 1.807) is 6.33 Å². The van der Waals surface area contributed by atoms with Crippen LogP contribution in [-0.4, -0.2) is 43.5 Å². The van der Waals surface area contributed by atoms with Crippen molar-refractivity contribution in [1.29, 1.82) is 0 Å². The number of aromatic amines is 1. The number of carbonyl (C=O) groups excluding carboxylic acids is 1. The summed E-state index contributed by atoms with van der Waals surface area (Å²) in [6.45, 7) is 0.442. The topological polar surface area (TPSA) is 121 Å². The van der Waals surface area contributed by atoms with Gasteiger partial charge in [-0.05, 0) is 6.42 Å². The number of hydrogen-bond donors (Lipinski definition) is 3. The summed E-state index contributed by atoms with van der Waals surface area (Å²) >= 11 is 0. The number of nitrogens with one attached hydrogen (secondary N) is 2. The van der Waals surface area contributed by atoms with E-state index in [0.29, 0.717) is 25.0 Å². The molecule has 2 aromatic heterocycles. The van der Waals surface area contributed by atoms with Gasteiger partial charge < -0.3 is 15.4 Å². The van der Waals surface area contributed by atoms with Gasteiger partial charge in [-0.25, -0.2) is 15.0 Å². The molecule has 0 aliphatic heterocycles. The smallest absolute Gasteiger partial charge is 0.303 e. The van der Waals surface area contributed by atoms with Gasteiger partial charge in [0.25, 0.3) is 0 Å². The molecule has 2 heterocycles. The predicted molar refractivity (Wildman–Crippen MR) is 69.9 cm³/mol. The van der Waals surface area contributed by atoms with Crippen molar-refractivity contribution in [2.75, 3.05) is 6.54 Å². The van der Waals surface area contributed by atoms with Gasteiger partial charge in [0, 0.05) is 25.8 Å². The average Bonchev–Trinajstić information content (AvgIpc) is 2.87. The van der Waals surface area contributed by atoms with E-state index in [2.05, 4.69) is 25.3 Å². The standard InChI is InChI=1S/C12H15N5O3/c18-9(2-1-3-10(19)20)13-5-4-8-11-12(16-6-14-8)17-7-15-11/h6-7H,1-5H2,(H,13,18)(H,19,20)(H,14,15,16,17). The molecule has 3 N–H and O–H groups in total. The molecule has 1 amide bonds. The summed E-state index contributed by atoms with van der Waals surface area (Å²) < 4.78 is 0. The zero-order valence-electron chi connectivity index (χ0n) is 10.8. The number of aliphatic carboxylic acids is 1. The minimum absolute atomic E-state index is 0.00803. The summed E-state index contributed by atoms with van der Waals surface area (Å²) in [5.41, 5.74) is 2.16. The fourth-order valence-corrected chi connectivity index (χ4v) is 1.81. The molecule has 20 heavy (non-hydrogen) atoms. The van der Waals surface area contributed by atoms with Crippen molar-refractivity contribution in [3.05, 3.63) is 18.3 Å². The van der Waals surface area contributed by atoms with Crippen LogP contribution in [0.4, 0.5) is 0 Å². The second-order valence-corrected chi connectivity index (χ2v) is 4.27. The fourth-order valence-electron chi connectivity index (χ4n) is 1.81. The Balaban J connectivity index is 1.77. The number of imidazole rings is 1. The van der Waals surface area contributed by atoms with E-state index in [9.17, 15) is 9.59 Å². The normalized spacial score (nSPS) is 10.6. The highest BCUT2D eigenvalue weighted by molar-refractivity contribution is 5.77. The van der Waals surface area contributed by atoms with Crippen LogP contribution in [0.2, 0.25) is 0 Å². The molecule has 0 radical (unpaired) electrons. The Morgan fingerprint density at radius 3 is 2.90 bits per heavy atom. The first-order valence-electron chi connectivity index (χ1n) is 6.28. The van der Waals surface area contributed by atoms with Crippen molar-refractivity contribution in [3.63, 3.8) is 0 Å². The molecule has 0 spiro atoms. The molecule has 0 saturated carbocycles. The average molecular weight is 277 g/mol. The summed E-state index contributed by atoms with van der Waals surface area (Å²) in [6.07, 6.45) is 4.12. The van der Waals surface area contributed by atoms with Crippen LogP contribution in [0.3, 0.4) is 0 Å². The Hall–Kier alpha value is -2.51. The lowest BCUT2D eigenvalue weighted by atomic mass is 10.2. The molecule has 0 saturated heterocycles. The Morgan fingerprint density at radius 1 is 1.25 bits per heavy atom. The number of rotatable bonds is 7. The minimum Gasteiger partial charge on any atom is -0.481 e. The van der Waals surface area contributed by atoms with Crippen molar-refractivity contribution >= 4 is 23.0 Å². The highest BCUT2D eigenvalue weighted by Gasteiger charge is 2.07. The molecule has 0 atom stereocenters. The molecular formula is C12H15N5O3. The number of aromatic nitrogens is 4. The van der Waals surface area contributed by atoms with Crippen LogP contribution >= 0.6 is 0 Å². The van der Waals surface area contributed by atoms with Crippen LogP contribution < -0.4 is 5.32 Å². The molecule has 8 heteroatoms. The lowest BCUT2D eigenvalue weighted by Crippen LogP contribution is -2.25. The zero-order chi connectivity index (χ0) is 14.4. The van der Waals surface area contributed by atoms with Crippen LogP contribution in [0.5, 0.6) is 0 Å². The van der Waals surface area contributed by atoms with Crippen LogP contribution in [0.25, 0.3) is 11.2 Å². The van der Waals surface area contributed by atoms with Gasteiger partial charge in [0.1, 0.15) is 11.8 Å². The van der Waals surface area contributed by atoms with Crippen molar-refractivity contribution < 1.29 is 14.7 Å². The monoisotopic (exact) mass is 277 g/mol. The van der Waals surface area contributed by atoms with Gasteiger partial charge in [-0.3, -0.25) is 9.59 Å². The van der Waals surface area contributed by atoms with Gasteiger partial charge in [0.2, 0.25) is 5.91 Å². The third-order valence-corrected chi connectivity index (χ3v) is 2.78. The molecule has 0 bridgehead atoms. The first-order valence-corrected chi connectivity index (χ1v) is 6.28. The number of nitrogens with zero attached hydrogens (tertiary/aromatic N) is 3. The van der Waals surface area contributed by atoms with E-state index in [0.717, 1.165) is 11.2 Å². The van der Waals surface area contributed by atoms with Gasteiger partial charge in [0.05, 0.1) is 12.0 Å². The van der Waals surface area contributed by atoms with Crippen molar-refractivity contribution in [2.24, 2.45) is 0 Å². The highest BCUT2D eigenvalue weighted by Crippen LogP contribution is 2.09. The maximum atomic E-state index is 11.5.